The molecule has 1 aliphatic rings. The molecule has 21 heavy (non-hydrogen) atoms. The summed E-state index contributed by atoms with van der Waals surface area (Å²) in [5, 5.41) is 2.66. The van der Waals surface area contributed by atoms with Gasteiger partial charge in [0.15, 0.2) is 5.82 Å². The van der Waals surface area contributed by atoms with E-state index in [1.165, 1.54) is 7.05 Å². The monoisotopic (exact) mass is 335 g/mol. The van der Waals surface area contributed by atoms with Gasteiger partial charge in [0.1, 0.15) is 4.90 Å². The predicted octanol–water partition coefficient (Wildman–Crippen LogP) is 0.960. The lowest BCUT2D eigenvalue weighted by Crippen LogP contribution is -2.39. The Kier molecular flexibility index (Phi) is 4.40. The molecule has 1 saturated carbocycles. The van der Waals surface area contributed by atoms with Crippen LogP contribution in [0.1, 0.15) is 12.8 Å². The summed E-state index contributed by atoms with van der Waals surface area (Å²) in [6.07, 6.45) is 1.78. The van der Waals surface area contributed by atoms with E-state index in [1.54, 1.807) is 0 Å². The number of carbonyl (C=O) groups is 1. The summed E-state index contributed by atoms with van der Waals surface area (Å²) in [7, 11) is -3.00. The molecule has 1 amide bonds. The van der Waals surface area contributed by atoms with E-state index in [9.17, 15) is 17.6 Å². The molecule has 1 aliphatic carbocycles. The molecule has 1 aromatic rings. The fourth-order valence-electron chi connectivity index (χ4n) is 1.73. The van der Waals surface area contributed by atoms with Crippen LogP contribution in [-0.2, 0) is 14.8 Å². The molecule has 0 unspecified atom stereocenters. The molecule has 0 aliphatic heterocycles. The molecule has 6 nitrogen and oxygen atoms in total. The minimum atomic E-state index is -4.19. The fourth-order valence-corrected chi connectivity index (χ4v) is 3.26. The molecule has 0 aromatic heterocycles. The summed E-state index contributed by atoms with van der Waals surface area (Å²) >= 11 is 5.71. The van der Waals surface area contributed by atoms with E-state index in [0.717, 1.165) is 29.3 Å². The second-order valence-electron chi connectivity index (χ2n) is 4.91. The first kappa shape index (κ1) is 16.0. The SMILES string of the molecule is CN(CC(=O)NC1CC1)S(=O)(=O)c1cc(Cl)cc(N)c1F. The lowest BCUT2D eigenvalue weighted by molar-refractivity contribution is -0.121. The summed E-state index contributed by atoms with van der Waals surface area (Å²) in [5.74, 6) is -1.51. The van der Waals surface area contributed by atoms with Gasteiger partial charge in [-0.05, 0) is 25.0 Å². The minimum absolute atomic E-state index is 0.00306. The molecule has 0 radical (unpaired) electrons. The molecule has 0 atom stereocenters. The molecule has 116 valence electrons. The number of amides is 1. The normalized spacial score (nSPS) is 15.2. The van der Waals surface area contributed by atoms with E-state index >= 15 is 0 Å². The van der Waals surface area contributed by atoms with Crippen LogP contribution in [0.5, 0.6) is 0 Å². The highest BCUT2D eigenvalue weighted by Crippen LogP contribution is 2.27. The number of hydrogen-bond acceptors (Lipinski definition) is 4. The van der Waals surface area contributed by atoms with Crippen molar-refractivity contribution >= 4 is 33.2 Å². The van der Waals surface area contributed by atoms with Gasteiger partial charge in [-0.15, -0.1) is 0 Å². The molecule has 0 saturated heterocycles. The number of halogens is 2. The van der Waals surface area contributed by atoms with E-state index in [-0.39, 0.29) is 16.8 Å². The van der Waals surface area contributed by atoms with E-state index in [0.29, 0.717) is 0 Å². The number of nitrogens with zero attached hydrogens (tertiary/aromatic N) is 1. The Labute approximate surface area is 127 Å². The van der Waals surface area contributed by atoms with Gasteiger partial charge >= 0.3 is 0 Å². The number of nitrogens with one attached hydrogen (secondary N) is 1. The van der Waals surface area contributed by atoms with Gasteiger partial charge in [-0.1, -0.05) is 11.6 Å². The zero-order valence-electron chi connectivity index (χ0n) is 11.3. The number of sulfonamides is 1. The van der Waals surface area contributed by atoms with Crippen LogP contribution in [0.25, 0.3) is 0 Å². The highest BCUT2D eigenvalue weighted by atomic mass is 35.5. The molecular formula is C12H15ClFN3O3S. The van der Waals surface area contributed by atoms with Crippen molar-refractivity contribution < 1.29 is 17.6 Å². The fraction of sp³-hybridized carbons (Fsp3) is 0.417. The maximum atomic E-state index is 13.9. The van der Waals surface area contributed by atoms with E-state index in [4.69, 9.17) is 17.3 Å². The molecule has 9 heteroatoms. The number of nitrogens with two attached hydrogens (primary N) is 1. The van der Waals surface area contributed by atoms with Gasteiger partial charge in [-0.2, -0.15) is 4.31 Å². The number of hydrogen-bond donors (Lipinski definition) is 2. The summed E-state index contributed by atoms with van der Waals surface area (Å²) < 4.78 is 39.2. The third-order valence-electron chi connectivity index (χ3n) is 3.03. The molecule has 0 heterocycles. The second-order valence-corrected chi connectivity index (χ2v) is 7.36. The largest absolute Gasteiger partial charge is 0.396 e. The van der Waals surface area contributed by atoms with E-state index in [2.05, 4.69) is 5.32 Å². The Hall–Kier alpha value is -1.38. The van der Waals surface area contributed by atoms with Crippen LogP contribution in [0.15, 0.2) is 17.0 Å². The molecule has 0 bridgehead atoms. The molecule has 0 spiro atoms. The number of carbonyl (C=O) groups excluding carboxylic acids is 1. The van der Waals surface area contributed by atoms with Crippen molar-refractivity contribution in [3.05, 3.63) is 23.0 Å². The molecule has 3 N–H and O–H groups in total. The summed E-state index contributed by atoms with van der Waals surface area (Å²) in [4.78, 5) is 11.0. The van der Waals surface area contributed by atoms with Crippen LogP contribution in [-0.4, -0.2) is 38.3 Å². The first-order chi connectivity index (χ1) is 9.71. The van der Waals surface area contributed by atoms with Crippen molar-refractivity contribution in [1.29, 1.82) is 0 Å². The Morgan fingerprint density at radius 1 is 1.52 bits per heavy atom. The number of nitrogen functional groups attached to an aromatic ring is 1. The molecule has 1 fully saturated rings. The maximum Gasteiger partial charge on any atom is 0.246 e. The second kappa shape index (κ2) is 5.78. The quantitative estimate of drug-likeness (QED) is 0.784. The zero-order chi connectivity index (χ0) is 15.8. The third-order valence-corrected chi connectivity index (χ3v) is 5.05. The van der Waals surface area contributed by atoms with Crippen molar-refractivity contribution in [3.8, 4) is 0 Å². The summed E-state index contributed by atoms with van der Waals surface area (Å²) in [5.41, 5.74) is 5.01. The molecule has 1 aromatic carbocycles. The smallest absolute Gasteiger partial charge is 0.246 e. The Morgan fingerprint density at radius 3 is 2.71 bits per heavy atom. The summed E-state index contributed by atoms with van der Waals surface area (Å²) in [6.45, 7) is -0.398. The number of anilines is 1. The van der Waals surface area contributed by atoms with Gasteiger partial charge in [0.05, 0.1) is 12.2 Å². The van der Waals surface area contributed by atoms with Crippen molar-refractivity contribution in [2.24, 2.45) is 0 Å². The van der Waals surface area contributed by atoms with E-state index < -0.39 is 33.2 Å². The average Bonchev–Trinajstić information content (AvgIpc) is 3.17. The average molecular weight is 336 g/mol. The highest BCUT2D eigenvalue weighted by molar-refractivity contribution is 7.89. The standard InChI is InChI=1S/C12H15ClFN3O3S/c1-17(6-11(18)16-8-2-3-8)21(19,20)10-5-7(13)4-9(15)12(10)14/h4-5,8H,2-3,6,15H2,1H3,(H,16,18). The van der Waals surface area contributed by atoms with E-state index in [1.807, 2.05) is 0 Å². The van der Waals surface area contributed by atoms with Gasteiger partial charge in [-0.25, -0.2) is 12.8 Å². The number of likely N-dealkylation sites (N-methyl/N-ethyl adjacent to an activating group) is 1. The van der Waals surface area contributed by atoms with Gasteiger partial charge in [0.2, 0.25) is 15.9 Å². The molecular weight excluding hydrogens is 321 g/mol. The maximum absolute atomic E-state index is 13.9. The van der Waals surface area contributed by atoms with Crippen LogP contribution in [0.3, 0.4) is 0 Å². The summed E-state index contributed by atoms with van der Waals surface area (Å²) in [6, 6.07) is 2.21. The highest BCUT2D eigenvalue weighted by Gasteiger charge is 2.29. The van der Waals surface area contributed by atoms with Crippen LogP contribution < -0.4 is 11.1 Å². The Balaban J connectivity index is 2.22. The van der Waals surface area contributed by atoms with Crippen molar-refractivity contribution in [3.63, 3.8) is 0 Å². The van der Waals surface area contributed by atoms with Gasteiger partial charge in [0.25, 0.3) is 0 Å². The first-order valence-corrected chi connectivity index (χ1v) is 8.04. The zero-order valence-corrected chi connectivity index (χ0v) is 12.8. The van der Waals surface area contributed by atoms with Crippen molar-refractivity contribution in [1.82, 2.24) is 9.62 Å². The van der Waals surface area contributed by atoms with Crippen LogP contribution in [0.4, 0.5) is 10.1 Å². The van der Waals surface area contributed by atoms with Gasteiger partial charge in [-0.3, -0.25) is 4.79 Å². The third kappa shape index (κ3) is 3.63. The van der Waals surface area contributed by atoms with Crippen LogP contribution >= 0.6 is 11.6 Å². The van der Waals surface area contributed by atoms with Crippen LogP contribution in [0, 0.1) is 5.82 Å². The topological polar surface area (TPSA) is 92.5 Å². The Morgan fingerprint density at radius 2 is 2.14 bits per heavy atom. The Bertz CT molecular complexity index is 677. The van der Waals surface area contributed by atoms with Crippen molar-refractivity contribution in [2.45, 2.75) is 23.8 Å². The first-order valence-electron chi connectivity index (χ1n) is 6.22. The lowest BCUT2D eigenvalue weighted by atomic mass is 10.3. The lowest BCUT2D eigenvalue weighted by Gasteiger charge is -2.18. The van der Waals surface area contributed by atoms with Gasteiger partial charge < -0.3 is 11.1 Å². The number of benzene rings is 1. The predicted molar refractivity (Wildman–Crippen MR) is 76.8 cm³/mol. The van der Waals surface area contributed by atoms with Crippen molar-refractivity contribution in [2.75, 3.05) is 19.3 Å². The number of rotatable bonds is 5. The minimum Gasteiger partial charge on any atom is -0.396 e. The van der Waals surface area contributed by atoms with Gasteiger partial charge in [0, 0.05) is 18.1 Å². The van der Waals surface area contributed by atoms with Crippen LogP contribution in [0.2, 0.25) is 5.02 Å². The molecule has 2 rings (SSSR count).